The van der Waals surface area contributed by atoms with E-state index in [1.807, 2.05) is 121 Å². The molecule has 6 nitrogen and oxygen atoms in total. The first-order valence-corrected chi connectivity index (χ1v) is 14.4. The third kappa shape index (κ3) is 3.89. The van der Waals surface area contributed by atoms with E-state index in [9.17, 15) is 0 Å². The third-order valence-corrected chi connectivity index (χ3v) is 7.96. The fourth-order valence-corrected chi connectivity index (χ4v) is 5.92. The number of oxazole rings is 1. The highest BCUT2D eigenvalue weighted by Gasteiger charge is 2.22. The Morgan fingerprint density at radius 2 is 1.00 bits per heavy atom. The number of fused-ring (bicyclic) bond motifs is 7. The van der Waals surface area contributed by atoms with Crippen LogP contribution in [0.1, 0.15) is 0 Å². The summed E-state index contributed by atoms with van der Waals surface area (Å²) in [5, 5.41) is 3.84. The van der Waals surface area contributed by atoms with Gasteiger partial charge in [-0.15, -0.1) is 0 Å². The molecule has 0 saturated heterocycles. The number of rotatable bonds is 4. The summed E-state index contributed by atoms with van der Waals surface area (Å²) in [5.74, 6) is 2.31. The molecule has 3 heterocycles. The van der Waals surface area contributed by atoms with Gasteiger partial charge in [0.1, 0.15) is 16.7 Å². The van der Waals surface area contributed by atoms with Crippen LogP contribution in [0.5, 0.6) is 0 Å². The highest BCUT2D eigenvalue weighted by molar-refractivity contribution is 6.27. The molecule has 0 amide bonds. The molecule has 6 aromatic carbocycles. The lowest BCUT2D eigenvalue weighted by Gasteiger charge is -2.11. The molecule has 0 spiro atoms. The number of aromatic nitrogens is 4. The highest BCUT2D eigenvalue weighted by Crippen LogP contribution is 2.43. The van der Waals surface area contributed by atoms with E-state index < -0.39 is 0 Å². The lowest BCUT2D eigenvalue weighted by Crippen LogP contribution is -2.00. The van der Waals surface area contributed by atoms with E-state index in [1.54, 1.807) is 0 Å². The molecule has 9 rings (SSSR count). The minimum absolute atomic E-state index is 0.548. The van der Waals surface area contributed by atoms with Crippen molar-refractivity contribution < 1.29 is 8.83 Å². The predicted molar refractivity (Wildman–Crippen MR) is 174 cm³/mol. The minimum Gasteiger partial charge on any atom is -0.456 e. The van der Waals surface area contributed by atoms with Gasteiger partial charge in [-0.2, -0.15) is 0 Å². The Bertz CT molecular complexity index is 2430. The van der Waals surface area contributed by atoms with Gasteiger partial charge in [-0.3, -0.25) is 0 Å². The van der Waals surface area contributed by atoms with Gasteiger partial charge < -0.3 is 8.83 Å². The molecule has 206 valence electrons. The van der Waals surface area contributed by atoms with Crippen LogP contribution in [0.2, 0.25) is 0 Å². The van der Waals surface area contributed by atoms with Crippen LogP contribution in [0.25, 0.3) is 89.4 Å². The van der Waals surface area contributed by atoms with Crippen molar-refractivity contribution in [3.8, 4) is 45.6 Å². The average Bonchev–Trinajstić information content (AvgIpc) is 3.71. The molecular weight excluding hydrogens is 544 g/mol. The topological polar surface area (TPSA) is 77.8 Å². The van der Waals surface area contributed by atoms with E-state index in [0.717, 1.165) is 60.5 Å². The maximum absolute atomic E-state index is 6.56. The molecule has 44 heavy (non-hydrogen) atoms. The Morgan fingerprint density at radius 3 is 1.68 bits per heavy atom. The molecule has 0 N–H and O–H groups in total. The van der Waals surface area contributed by atoms with E-state index in [0.29, 0.717) is 28.9 Å². The van der Waals surface area contributed by atoms with Gasteiger partial charge in [0.15, 0.2) is 23.1 Å². The number of furan rings is 1. The van der Waals surface area contributed by atoms with Crippen LogP contribution in [0.3, 0.4) is 0 Å². The van der Waals surface area contributed by atoms with Crippen LogP contribution in [-0.4, -0.2) is 19.9 Å². The second-order valence-corrected chi connectivity index (χ2v) is 10.7. The molecule has 0 unspecified atom stereocenters. The van der Waals surface area contributed by atoms with Crippen LogP contribution >= 0.6 is 0 Å². The summed E-state index contributed by atoms with van der Waals surface area (Å²) in [6.07, 6.45) is 0. The Hall–Kier alpha value is -6.14. The van der Waals surface area contributed by atoms with Crippen LogP contribution in [-0.2, 0) is 0 Å². The van der Waals surface area contributed by atoms with Gasteiger partial charge in [0.05, 0.1) is 0 Å². The number of hydrogen-bond donors (Lipinski definition) is 0. The molecule has 0 atom stereocenters. The molecule has 0 aliphatic rings. The van der Waals surface area contributed by atoms with E-state index in [-0.39, 0.29) is 0 Å². The Kier molecular flexibility index (Phi) is 5.40. The maximum Gasteiger partial charge on any atom is 0.227 e. The van der Waals surface area contributed by atoms with Crippen LogP contribution in [0, 0.1) is 0 Å². The van der Waals surface area contributed by atoms with Crippen molar-refractivity contribution in [3.05, 3.63) is 133 Å². The number of nitrogens with zero attached hydrogens (tertiary/aromatic N) is 4. The lowest BCUT2D eigenvalue weighted by atomic mass is 9.97. The predicted octanol–water partition coefficient (Wildman–Crippen LogP) is 9.73. The van der Waals surface area contributed by atoms with E-state index in [1.165, 1.54) is 0 Å². The van der Waals surface area contributed by atoms with Gasteiger partial charge in [0.2, 0.25) is 5.89 Å². The lowest BCUT2D eigenvalue weighted by molar-refractivity contribution is 0.623. The average molecular weight is 567 g/mol. The molecule has 9 aromatic rings. The van der Waals surface area contributed by atoms with Crippen LogP contribution in [0.4, 0.5) is 0 Å². The van der Waals surface area contributed by atoms with Crippen molar-refractivity contribution in [1.82, 2.24) is 19.9 Å². The molecule has 0 bridgehead atoms. The Labute approximate surface area is 251 Å². The fourth-order valence-electron chi connectivity index (χ4n) is 5.92. The largest absolute Gasteiger partial charge is 0.456 e. The van der Waals surface area contributed by atoms with Crippen molar-refractivity contribution in [2.45, 2.75) is 0 Å². The van der Waals surface area contributed by atoms with Crippen LogP contribution in [0.15, 0.2) is 142 Å². The summed E-state index contributed by atoms with van der Waals surface area (Å²) in [4.78, 5) is 19.8. The molecule has 0 fully saturated rings. The molecule has 0 aliphatic heterocycles. The van der Waals surface area contributed by atoms with E-state index in [4.69, 9.17) is 28.8 Å². The van der Waals surface area contributed by atoms with Gasteiger partial charge in [0.25, 0.3) is 0 Å². The first kappa shape index (κ1) is 24.5. The summed E-state index contributed by atoms with van der Waals surface area (Å²) in [6.45, 7) is 0. The summed E-state index contributed by atoms with van der Waals surface area (Å²) in [6, 6.07) is 44.1. The highest BCUT2D eigenvalue weighted by atomic mass is 16.3. The second kappa shape index (κ2) is 9.71. The van der Waals surface area contributed by atoms with Crippen molar-refractivity contribution in [2.75, 3.05) is 0 Å². The smallest absolute Gasteiger partial charge is 0.227 e. The van der Waals surface area contributed by atoms with E-state index in [2.05, 4.69) is 12.1 Å². The van der Waals surface area contributed by atoms with Crippen molar-refractivity contribution >= 4 is 43.8 Å². The number of benzene rings is 6. The van der Waals surface area contributed by atoms with Gasteiger partial charge in [-0.05, 0) is 35.7 Å². The SMILES string of the molecule is c1ccc(-c2nc(-c3ccccc3)nc(-c3cc4oc5ccccc5c4c4c3ccc3nc(-c5ccccc5)oc34)n2)cc1. The van der Waals surface area contributed by atoms with Crippen molar-refractivity contribution in [2.24, 2.45) is 0 Å². The first-order chi connectivity index (χ1) is 21.8. The van der Waals surface area contributed by atoms with Gasteiger partial charge in [-0.1, -0.05) is 103 Å². The monoisotopic (exact) mass is 566 g/mol. The van der Waals surface area contributed by atoms with E-state index >= 15 is 0 Å². The summed E-state index contributed by atoms with van der Waals surface area (Å²) in [7, 11) is 0. The Morgan fingerprint density at radius 1 is 0.409 bits per heavy atom. The summed E-state index contributed by atoms with van der Waals surface area (Å²) >= 11 is 0. The van der Waals surface area contributed by atoms with Gasteiger partial charge >= 0.3 is 0 Å². The quantitative estimate of drug-likeness (QED) is 0.211. The minimum atomic E-state index is 0.548. The molecule has 0 saturated carbocycles. The zero-order valence-corrected chi connectivity index (χ0v) is 23.3. The number of para-hydroxylation sites is 1. The van der Waals surface area contributed by atoms with Crippen LogP contribution < -0.4 is 0 Å². The zero-order valence-electron chi connectivity index (χ0n) is 23.3. The molecule has 6 heteroatoms. The van der Waals surface area contributed by atoms with Gasteiger partial charge in [0, 0.05) is 38.4 Å². The van der Waals surface area contributed by atoms with Gasteiger partial charge in [-0.25, -0.2) is 19.9 Å². The first-order valence-electron chi connectivity index (χ1n) is 14.4. The fraction of sp³-hybridized carbons (Fsp3) is 0. The third-order valence-electron chi connectivity index (χ3n) is 7.96. The second-order valence-electron chi connectivity index (χ2n) is 10.7. The normalized spacial score (nSPS) is 11.6. The van der Waals surface area contributed by atoms with Crippen molar-refractivity contribution in [3.63, 3.8) is 0 Å². The molecule has 3 aromatic heterocycles. The molecule has 0 aliphatic carbocycles. The molecular formula is C38H22N4O2. The van der Waals surface area contributed by atoms with Crippen molar-refractivity contribution in [1.29, 1.82) is 0 Å². The standard InChI is InChI=1S/C38H22N4O2/c1-4-12-23(13-5-1)35-40-36(24-14-6-2-7-15-24)42-37(41-35)28-22-31-32(27-18-10-11-19-30(27)43-31)33-26(28)20-21-29-34(33)44-38(39-29)25-16-8-3-9-17-25/h1-22H. The number of hydrogen-bond acceptors (Lipinski definition) is 6. The zero-order chi connectivity index (χ0) is 29.0. The molecule has 0 radical (unpaired) electrons. The maximum atomic E-state index is 6.56. The summed E-state index contributed by atoms with van der Waals surface area (Å²) < 4.78 is 13.0. The summed E-state index contributed by atoms with van der Waals surface area (Å²) in [5.41, 5.74) is 6.54. The Balaban J connectivity index is 1.39.